The Hall–Kier alpha value is -0.280. The first-order valence-electron chi connectivity index (χ1n) is 5.27. The van der Waals surface area contributed by atoms with Crippen LogP contribution in [-0.4, -0.2) is 30.5 Å². The third-order valence-corrected chi connectivity index (χ3v) is 2.69. The van der Waals surface area contributed by atoms with Crippen LogP contribution in [-0.2, 0) is 9.53 Å². The van der Waals surface area contributed by atoms with E-state index in [-0.39, 0.29) is 17.4 Å². The lowest BCUT2D eigenvalue weighted by Gasteiger charge is -2.12. The fourth-order valence-corrected chi connectivity index (χ4v) is 1.82. The number of hydrogen-bond acceptors (Lipinski definition) is 2. The first kappa shape index (κ1) is 11.8. The largest absolute Gasteiger partial charge is 0.368 e. The van der Waals surface area contributed by atoms with Gasteiger partial charge in [-0.25, -0.2) is 0 Å². The molecule has 1 N–H and O–H groups in total. The van der Waals surface area contributed by atoms with Gasteiger partial charge in [0.25, 0.3) is 0 Å². The van der Waals surface area contributed by atoms with Crippen LogP contribution in [0.2, 0.25) is 0 Å². The highest BCUT2D eigenvalue weighted by Crippen LogP contribution is 2.12. The number of halogens is 1. The molecule has 1 aliphatic rings. The summed E-state index contributed by atoms with van der Waals surface area (Å²) in [4.78, 5) is 11.5. The summed E-state index contributed by atoms with van der Waals surface area (Å²) < 4.78 is 5.25. The molecule has 0 aromatic rings. The number of amides is 1. The van der Waals surface area contributed by atoms with Gasteiger partial charge in [0.1, 0.15) is 6.10 Å². The van der Waals surface area contributed by atoms with E-state index < -0.39 is 0 Å². The molecule has 2 atom stereocenters. The Labute approximate surface area is 90.1 Å². The molecule has 1 rings (SSSR count). The average Bonchev–Trinajstić information content (AvgIpc) is 2.67. The number of nitrogens with one attached hydrogen (secondary N) is 1. The lowest BCUT2D eigenvalue weighted by Crippen LogP contribution is -2.37. The molecule has 0 radical (unpaired) electrons. The Morgan fingerprint density at radius 1 is 1.71 bits per heavy atom. The van der Waals surface area contributed by atoms with Gasteiger partial charge in [-0.1, -0.05) is 13.3 Å². The van der Waals surface area contributed by atoms with Crippen LogP contribution >= 0.6 is 11.6 Å². The van der Waals surface area contributed by atoms with E-state index in [0.717, 1.165) is 25.7 Å². The molecule has 0 saturated carbocycles. The van der Waals surface area contributed by atoms with Crippen molar-refractivity contribution in [2.45, 2.75) is 44.1 Å². The van der Waals surface area contributed by atoms with Gasteiger partial charge in [-0.05, 0) is 19.3 Å². The van der Waals surface area contributed by atoms with E-state index in [4.69, 9.17) is 16.3 Å². The van der Waals surface area contributed by atoms with Gasteiger partial charge in [0, 0.05) is 13.2 Å². The number of ether oxygens (including phenoxy) is 1. The number of alkyl halides is 1. The van der Waals surface area contributed by atoms with Crippen LogP contribution in [0.5, 0.6) is 0 Å². The third kappa shape index (κ3) is 3.84. The minimum absolute atomic E-state index is 0.00995. The molecule has 1 aliphatic heterocycles. The van der Waals surface area contributed by atoms with Gasteiger partial charge in [-0.15, -0.1) is 11.6 Å². The van der Waals surface area contributed by atoms with Crippen molar-refractivity contribution < 1.29 is 9.53 Å². The summed E-state index contributed by atoms with van der Waals surface area (Å²) in [5.41, 5.74) is 0. The molecule has 1 heterocycles. The zero-order valence-corrected chi connectivity index (χ0v) is 9.35. The van der Waals surface area contributed by atoms with Gasteiger partial charge in [-0.2, -0.15) is 0 Å². The summed E-state index contributed by atoms with van der Waals surface area (Å²) in [6.45, 7) is 3.34. The van der Waals surface area contributed by atoms with Gasteiger partial charge >= 0.3 is 0 Å². The van der Waals surface area contributed by atoms with Crippen LogP contribution in [0.4, 0.5) is 0 Å². The Morgan fingerprint density at radius 2 is 2.50 bits per heavy atom. The smallest absolute Gasteiger partial charge is 0.249 e. The summed E-state index contributed by atoms with van der Waals surface area (Å²) in [6, 6.07) is 0. The molecule has 0 bridgehead atoms. The van der Waals surface area contributed by atoms with Crippen LogP contribution in [0.3, 0.4) is 0 Å². The summed E-state index contributed by atoms with van der Waals surface area (Å²) in [5.74, 6) is -0.00995. The molecule has 4 heteroatoms. The summed E-state index contributed by atoms with van der Waals surface area (Å²) >= 11 is 5.98. The Kier molecular flexibility index (Phi) is 5.26. The van der Waals surface area contributed by atoms with Crippen LogP contribution in [0.1, 0.15) is 32.6 Å². The fraction of sp³-hybridized carbons (Fsp3) is 0.900. The predicted molar refractivity (Wildman–Crippen MR) is 56.5 cm³/mol. The molecule has 2 unspecified atom stereocenters. The Bertz CT molecular complexity index is 181. The molecule has 82 valence electrons. The molecule has 1 saturated heterocycles. The number of carbonyl (C=O) groups excluding carboxylic acids is 1. The highest BCUT2D eigenvalue weighted by atomic mass is 35.5. The molecular formula is C10H18ClNO2. The first-order valence-corrected chi connectivity index (χ1v) is 5.71. The van der Waals surface area contributed by atoms with Gasteiger partial charge < -0.3 is 10.1 Å². The maximum absolute atomic E-state index is 11.5. The Balaban J connectivity index is 2.13. The van der Waals surface area contributed by atoms with Gasteiger partial charge in [0.05, 0.1) is 5.38 Å². The monoisotopic (exact) mass is 219 g/mol. The topological polar surface area (TPSA) is 38.3 Å². The van der Waals surface area contributed by atoms with Crippen molar-refractivity contribution in [1.82, 2.24) is 5.32 Å². The minimum atomic E-state index is -0.236. The number of rotatable bonds is 5. The average molecular weight is 220 g/mol. The van der Waals surface area contributed by atoms with Gasteiger partial charge in [0.2, 0.25) is 5.91 Å². The lowest BCUT2D eigenvalue weighted by molar-refractivity contribution is -0.130. The zero-order valence-electron chi connectivity index (χ0n) is 8.59. The molecule has 0 aliphatic carbocycles. The van der Waals surface area contributed by atoms with Gasteiger partial charge in [-0.3, -0.25) is 4.79 Å². The van der Waals surface area contributed by atoms with Gasteiger partial charge in [0.15, 0.2) is 0 Å². The van der Waals surface area contributed by atoms with E-state index in [1.165, 1.54) is 0 Å². The molecule has 0 aromatic heterocycles. The van der Waals surface area contributed by atoms with E-state index >= 15 is 0 Å². The second kappa shape index (κ2) is 6.25. The maximum Gasteiger partial charge on any atom is 0.249 e. The lowest BCUT2D eigenvalue weighted by atomic mass is 10.2. The van der Waals surface area contributed by atoms with Crippen molar-refractivity contribution >= 4 is 17.5 Å². The van der Waals surface area contributed by atoms with E-state index in [9.17, 15) is 4.79 Å². The second-order valence-electron chi connectivity index (χ2n) is 3.63. The van der Waals surface area contributed by atoms with Crippen LogP contribution in [0, 0.1) is 0 Å². The molecule has 1 fully saturated rings. The standard InChI is InChI=1S/C10H18ClNO2/c1-2-4-8(11)7-12-10(13)9-5-3-6-14-9/h8-9H,2-7H2,1H3,(H,12,13). The number of carbonyl (C=O) groups is 1. The fourth-order valence-electron chi connectivity index (χ4n) is 1.52. The van der Waals surface area contributed by atoms with Crippen molar-refractivity contribution in [2.75, 3.05) is 13.2 Å². The van der Waals surface area contributed by atoms with Crippen LogP contribution in [0.25, 0.3) is 0 Å². The molecule has 1 amide bonds. The molecular weight excluding hydrogens is 202 g/mol. The summed E-state index contributed by atoms with van der Waals surface area (Å²) in [7, 11) is 0. The van der Waals surface area contributed by atoms with Crippen molar-refractivity contribution in [2.24, 2.45) is 0 Å². The maximum atomic E-state index is 11.5. The van der Waals surface area contributed by atoms with E-state index in [1.807, 2.05) is 0 Å². The SMILES string of the molecule is CCCC(Cl)CNC(=O)C1CCCO1. The molecule has 3 nitrogen and oxygen atoms in total. The van der Waals surface area contributed by atoms with Crippen molar-refractivity contribution in [3.63, 3.8) is 0 Å². The van der Waals surface area contributed by atoms with E-state index in [0.29, 0.717) is 13.2 Å². The predicted octanol–water partition coefficient (Wildman–Crippen LogP) is 1.69. The van der Waals surface area contributed by atoms with Crippen LogP contribution < -0.4 is 5.32 Å². The normalized spacial score (nSPS) is 23.4. The van der Waals surface area contributed by atoms with Crippen LogP contribution in [0.15, 0.2) is 0 Å². The summed E-state index contributed by atoms with van der Waals surface area (Å²) in [6.07, 6.45) is 3.57. The van der Waals surface area contributed by atoms with Crippen molar-refractivity contribution in [3.05, 3.63) is 0 Å². The second-order valence-corrected chi connectivity index (χ2v) is 4.25. The molecule has 14 heavy (non-hydrogen) atoms. The molecule has 0 aromatic carbocycles. The van der Waals surface area contributed by atoms with Crippen molar-refractivity contribution in [3.8, 4) is 0 Å². The van der Waals surface area contributed by atoms with E-state index in [2.05, 4.69) is 12.2 Å². The summed E-state index contributed by atoms with van der Waals surface area (Å²) in [5, 5.41) is 2.86. The quantitative estimate of drug-likeness (QED) is 0.715. The minimum Gasteiger partial charge on any atom is -0.368 e. The number of hydrogen-bond donors (Lipinski definition) is 1. The third-order valence-electron chi connectivity index (χ3n) is 2.32. The van der Waals surface area contributed by atoms with E-state index in [1.54, 1.807) is 0 Å². The highest BCUT2D eigenvalue weighted by Gasteiger charge is 2.23. The Morgan fingerprint density at radius 3 is 3.07 bits per heavy atom. The molecule has 0 spiro atoms. The first-order chi connectivity index (χ1) is 6.74. The zero-order chi connectivity index (χ0) is 10.4. The van der Waals surface area contributed by atoms with Crippen molar-refractivity contribution in [1.29, 1.82) is 0 Å². The highest BCUT2D eigenvalue weighted by molar-refractivity contribution is 6.20.